The first kappa shape index (κ1) is 37.3. The van der Waals surface area contributed by atoms with Crippen LogP contribution in [0, 0.1) is 0 Å². The highest BCUT2D eigenvalue weighted by atomic mass is 16.3. The lowest BCUT2D eigenvalue weighted by molar-refractivity contribution is 0.670. The van der Waals surface area contributed by atoms with Crippen molar-refractivity contribution < 1.29 is 4.42 Å². The molecule has 0 atom stereocenters. The standard InChI is InChI=1S/C62H41NO/c1-5-19-42(20-6-1)47-37-48(43-21-7-2-8-22-43)40-51(39-47)63(49-28-17-27-46(38-49)52-32-18-33-57-55-30-15-16-34-59(55)64-62(52)57)50-35-36-54-53-29-13-14-31-56(53)60(44-23-9-3-10-24-44)61(58(54)41-50)45-25-11-4-12-26-45/h1-41H. The zero-order chi connectivity index (χ0) is 42.4. The third-order valence-electron chi connectivity index (χ3n) is 12.6. The van der Waals surface area contributed by atoms with Crippen LogP contribution < -0.4 is 4.90 Å². The van der Waals surface area contributed by atoms with E-state index in [0.29, 0.717) is 0 Å². The van der Waals surface area contributed by atoms with Gasteiger partial charge in [0, 0.05) is 33.4 Å². The molecule has 0 saturated carbocycles. The number of para-hydroxylation sites is 2. The summed E-state index contributed by atoms with van der Waals surface area (Å²) in [5.74, 6) is 0. The number of nitrogens with zero attached hydrogens (tertiary/aromatic N) is 1. The minimum atomic E-state index is 0.890. The van der Waals surface area contributed by atoms with Crippen molar-refractivity contribution in [2.24, 2.45) is 0 Å². The molecule has 0 aliphatic carbocycles. The lowest BCUT2D eigenvalue weighted by Gasteiger charge is -2.28. The van der Waals surface area contributed by atoms with Crippen molar-refractivity contribution in [3.05, 3.63) is 249 Å². The van der Waals surface area contributed by atoms with Crippen molar-refractivity contribution in [3.8, 4) is 55.6 Å². The van der Waals surface area contributed by atoms with Gasteiger partial charge in [-0.25, -0.2) is 0 Å². The van der Waals surface area contributed by atoms with E-state index in [1.54, 1.807) is 0 Å². The zero-order valence-electron chi connectivity index (χ0n) is 35.0. The lowest BCUT2D eigenvalue weighted by atomic mass is 9.85. The minimum absolute atomic E-state index is 0.890. The first-order valence-corrected chi connectivity index (χ1v) is 21.9. The maximum atomic E-state index is 6.61. The Morgan fingerprint density at radius 1 is 0.250 bits per heavy atom. The molecule has 0 N–H and O–H groups in total. The van der Waals surface area contributed by atoms with Crippen molar-refractivity contribution in [1.29, 1.82) is 0 Å². The van der Waals surface area contributed by atoms with Crippen molar-refractivity contribution in [2.45, 2.75) is 0 Å². The molecular formula is C62H41NO. The molecule has 0 aliphatic rings. The van der Waals surface area contributed by atoms with E-state index in [1.165, 1.54) is 43.8 Å². The molecule has 300 valence electrons. The normalized spacial score (nSPS) is 11.4. The molecule has 0 spiro atoms. The van der Waals surface area contributed by atoms with Crippen LogP contribution in [0.2, 0.25) is 0 Å². The number of fused-ring (bicyclic) bond motifs is 6. The Hall–Kier alpha value is -8.46. The van der Waals surface area contributed by atoms with Gasteiger partial charge in [0.2, 0.25) is 0 Å². The maximum absolute atomic E-state index is 6.61. The molecule has 1 heterocycles. The largest absolute Gasteiger partial charge is 0.455 e. The Balaban J connectivity index is 1.16. The van der Waals surface area contributed by atoms with Gasteiger partial charge in [-0.2, -0.15) is 0 Å². The quantitative estimate of drug-likeness (QED) is 0.142. The van der Waals surface area contributed by atoms with E-state index in [2.05, 4.69) is 248 Å². The number of anilines is 3. The molecule has 1 aromatic heterocycles. The third kappa shape index (κ3) is 6.52. The Morgan fingerprint density at radius 3 is 1.38 bits per heavy atom. The van der Waals surface area contributed by atoms with Gasteiger partial charge in [-0.3, -0.25) is 0 Å². The van der Waals surface area contributed by atoms with E-state index in [-0.39, 0.29) is 0 Å². The van der Waals surface area contributed by atoms with Crippen LogP contribution in [-0.2, 0) is 0 Å². The van der Waals surface area contributed by atoms with Crippen molar-refractivity contribution in [1.82, 2.24) is 0 Å². The number of benzene rings is 11. The molecular weight excluding hydrogens is 775 g/mol. The summed E-state index contributed by atoms with van der Waals surface area (Å²) >= 11 is 0. The summed E-state index contributed by atoms with van der Waals surface area (Å²) in [6.07, 6.45) is 0. The highest BCUT2D eigenvalue weighted by Gasteiger charge is 2.22. The minimum Gasteiger partial charge on any atom is -0.455 e. The fourth-order valence-electron chi connectivity index (χ4n) is 9.70. The van der Waals surface area contributed by atoms with Gasteiger partial charge in [-0.15, -0.1) is 0 Å². The first-order chi connectivity index (χ1) is 31.7. The third-order valence-corrected chi connectivity index (χ3v) is 12.6. The molecule has 2 nitrogen and oxygen atoms in total. The van der Waals surface area contributed by atoms with E-state index < -0.39 is 0 Å². The average Bonchev–Trinajstić information content (AvgIpc) is 3.76. The first-order valence-electron chi connectivity index (χ1n) is 21.9. The molecule has 64 heavy (non-hydrogen) atoms. The van der Waals surface area contributed by atoms with Crippen LogP contribution in [0.3, 0.4) is 0 Å². The van der Waals surface area contributed by atoms with Gasteiger partial charge in [0.1, 0.15) is 11.2 Å². The Labute approximate surface area is 372 Å². The Bertz CT molecular complexity index is 3590. The average molecular weight is 816 g/mol. The van der Waals surface area contributed by atoms with Crippen LogP contribution in [0.4, 0.5) is 17.1 Å². The van der Waals surface area contributed by atoms with E-state index in [1.807, 2.05) is 6.07 Å². The SMILES string of the molecule is c1ccc(-c2cc(-c3ccccc3)cc(N(c3cccc(-c4cccc5c4oc4ccccc45)c3)c3ccc4c(c3)c(-c3ccccc3)c(-c3ccccc3)c3ccccc34)c2)cc1. The topological polar surface area (TPSA) is 16.4 Å². The summed E-state index contributed by atoms with van der Waals surface area (Å²) in [5.41, 5.74) is 16.5. The monoisotopic (exact) mass is 815 g/mol. The summed E-state index contributed by atoms with van der Waals surface area (Å²) in [7, 11) is 0. The van der Waals surface area contributed by atoms with Crippen LogP contribution in [0.25, 0.3) is 99.1 Å². The molecule has 0 unspecified atom stereocenters. The number of hydrogen-bond acceptors (Lipinski definition) is 2. The molecule has 0 fully saturated rings. The molecule has 0 aliphatic heterocycles. The molecule has 12 aromatic rings. The molecule has 0 saturated heterocycles. The Morgan fingerprint density at radius 2 is 0.719 bits per heavy atom. The summed E-state index contributed by atoms with van der Waals surface area (Å²) in [6, 6.07) is 89.8. The smallest absolute Gasteiger partial charge is 0.143 e. The van der Waals surface area contributed by atoms with Crippen LogP contribution >= 0.6 is 0 Å². The van der Waals surface area contributed by atoms with Crippen molar-refractivity contribution in [2.75, 3.05) is 4.90 Å². The van der Waals surface area contributed by atoms with E-state index in [0.717, 1.165) is 72.4 Å². The highest BCUT2D eigenvalue weighted by molar-refractivity contribution is 6.22. The van der Waals surface area contributed by atoms with Gasteiger partial charge >= 0.3 is 0 Å². The summed E-state index contributed by atoms with van der Waals surface area (Å²) < 4.78 is 6.61. The van der Waals surface area contributed by atoms with Gasteiger partial charge in [-0.05, 0) is 120 Å². The van der Waals surface area contributed by atoms with E-state index >= 15 is 0 Å². The second kappa shape index (κ2) is 15.8. The van der Waals surface area contributed by atoms with Gasteiger partial charge in [0.25, 0.3) is 0 Å². The van der Waals surface area contributed by atoms with Gasteiger partial charge in [-0.1, -0.05) is 200 Å². The predicted octanol–water partition coefficient (Wildman–Crippen LogP) is 17.7. The Kier molecular flexibility index (Phi) is 9.20. The second-order valence-corrected chi connectivity index (χ2v) is 16.4. The van der Waals surface area contributed by atoms with Gasteiger partial charge in [0.15, 0.2) is 0 Å². The van der Waals surface area contributed by atoms with Crippen molar-refractivity contribution >= 4 is 60.5 Å². The predicted molar refractivity (Wildman–Crippen MR) is 271 cm³/mol. The lowest BCUT2D eigenvalue weighted by Crippen LogP contribution is -2.11. The van der Waals surface area contributed by atoms with E-state index in [9.17, 15) is 0 Å². The zero-order valence-corrected chi connectivity index (χ0v) is 35.0. The van der Waals surface area contributed by atoms with Crippen molar-refractivity contribution in [3.63, 3.8) is 0 Å². The van der Waals surface area contributed by atoms with Gasteiger partial charge < -0.3 is 9.32 Å². The molecule has 2 heteroatoms. The highest BCUT2D eigenvalue weighted by Crippen LogP contribution is 2.48. The van der Waals surface area contributed by atoms with Gasteiger partial charge in [0.05, 0.1) is 0 Å². The number of hydrogen-bond donors (Lipinski definition) is 0. The maximum Gasteiger partial charge on any atom is 0.143 e. The number of furan rings is 1. The van der Waals surface area contributed by atoms with Crippen LogP contribution in [0.5, 0.6) is 0 Å². The van der Waals surface area contributed by atoms with Crippen LogP contribution in [0.1, 0.15) is 0 Å². The molecule has 0 bridgehead atoms. The molecule has 0 radical (unpaired) electrons. The van der Waals surface area contributed by atoms with E-state index in [4.69, 9.17) is 4.42 Å². The molecule has 12 rings (SSSR count). The molecule has 0 amide bonds. The summed E-state index contributed by atoms with van der Waals surface area (Å²) in [6.45, 7) is 0. The summed E-state index contributed by atoms with van der Waals surface area (Å²) in [5, 5.41) is 7.11. The summed E-state index contributed by atoms with van der Waals surface area (Å²) in [4.78, 5) is 2.44. The number of rotatable bonds is 8. The van der Waals surface area contributed by atoms with Crippen LogP contribution in [-0.4, -0.2) is 0 Å². The second-order valence-electron chi connectivity index (χ2n) is 16.4. The fraction of sp³-hybridized carbons (Fsp3) is 0. The van der Waals surface area contributed by atoms with Crippen LogP contribution in [0.15, 0.2) is 253 Å². The fourth-order valence-corrected chi connectivity index (χ4v) is 9.70. The molecule has 11 aromatic carbocycles.